The molecule has 1 unspecified atom stereocenters. The Hall–Kier alpha value is -1.85. The van der Waals surface area contributed by atoms with Gasteiger partial charge in [0.2, 0.25) is 17.7 Å². The number of carbonyl (C=O) groups excluding carboxylic acids is 1. The number of methoxy groups -OCH3 is 1. The number of nitrogens with zero attached hydrogens (tertiary/aromatic N) is 3. The number of rotatable bonds is 5. The Balaban J connectivity index is 1.52. The molecule has 132 valence electrons. The maximum absolute atomic E-state index is 12.6. The fourth-order valence-corrected chi connectivity index (χ4v) is 3.69. The van der Waals surface area contributed by atoms with Crippen LogP contribution in [0.15, 0.2) is 12.4 Å². The molecule has 3 rings (SSSR count). The lowest BCUT2D eigenvalue weighted by Gasteiger charge is -2.34. The van der Waals surface area contributed by atoms with Crippen LogP contribution in [0.5, 0.6) is 11.8 Å². The van der Waals surface area contributed by atoms with E-state index in [-0.39, 0.29) is 12.0 Å². The molecule has 1 saturated heterocycles. The lowest BCUT2D eigenvalue weighted by atomic mass is 9.86. The molecule has 1 aliphatic carbocycles. The number of likely N-dealkylation sites (tertiary alicyclic amines) is 1. The van der Waals surface area contributed by atoms with Crippen LogP contribution in [0.25, 0.3) is 0 Å². The molecule has 0 spiro atoms. The summed E-state index contributed by atoms with van der Waals surface area (Å²) in [6.07, 6.45) is 12.0. The first kappa shape index (κ1) is 17.0. The summed E-state index contributed by atoms with van der Waals surface area (Å²) in [6, 6.07) is 0. The summed E-state index contributed by atoms with van der Waals surface area (Å²) in [5.41, 5.74) is 0. The highest BCUT2D eigenvalue weighted by molar-refractivity contribution is 5.76. The molecule has 6 heteroatoms. The van der Waals surface area contributed by atoms with E-state index in [2.05, 4.69) is 9.97 Å². The van der Waals surface area contributed by atoms with Gasteiger partial charge in [0, 0.05) is 13.0 Å². The number of amides is 1. The molecule has 2 fully saturated rings. The summed E-state index contributed by atoms with van der Waals surface area (Å²) < 4.78 is 11.0. The molecule has 1 atom stereocenters. The topological polar surface area (TPSA) is 64.6 Å². The number of piperidine rings is 1. The quantitative estimate of drug-likeness (QED) is 0.829. The molecular formula is C18H27N3O3. The highest BCUT2D eigenvalue weighted by atomic mass is 16.5. The summed E-state index contributed by atoms with van der Waals surface area (Å²) in [5.74, 6) is 1.76. The summed E-state index contributed by atoms with van der Waals surface area (Å²) in [7, 11) is 1.56. The van der Waals surface area contributed by atoms with Gasteiger partial charge in [-0.2, -0.15) is 4.98 Å². The predicted octanol–water partition coefficient (Wildman–Crippen LogP) is 2.83. The van der Waals surface area contributed by atoms with Crippen molar-refractivity contribution in [2.24, 2.45) is 5.92 Å². The standard InChI is InChI=1S/C18H27N3O3/c1-23-16-11-19-12-17(20-16)24-15-8-5-9-21(13-15)18(22)10-14-6-3-2-4-7-14/h11-12,14-15H,2-10,13H2,1H3. The van der Waals surface area contributed by atoms with Gasteiger partial charge in [0.1, 0.15) is 6.10 Å². The molecule has 6 nitrogen and oxygen atoms in total. The van der Waals surface area contributed by atoms with Crippen molar-refractivity contribution in [1.29, 1.82) is 0 Å². The highest BCUT2D eigenvalue weighted by Gasteiger charge is 2.27. The Kier molecular flexibility index (Phi) is 5.88. The van der Waals surface area contributed by atoms with Crippen LogP contribution in [-0.4, -0.2) is 47.1 Å². The molecule has 0 radical (unpaired) electrons. The van der Waals surface area contributed by atoms with E-state index in [0.29, 0.717) is 30.6 Å². The second-order valence-corrected chi connectivity index (χ2v) is 6.83. The lowest BCUT2D eigenvalue weighted by Crippen LogP contribution is -2.45. The minimum Gasteiger partial charge on any atom is -0.480 e. The first-order valence-corrected chi connectivity index (χ1v) is 9.05. The van der Waals surface area contributed by atoms with Crippen molar-refractivity contribution in [3.05, 3.63) is 12.4 Å². The van der Waals surface area contributed by atoms with Crippen LogP contribution in [-0.2, 0) is 4.79 Å². The number of carbonyl (C=O) groups is 1. The van der Waals surface area contributed by atoms with Crippen molar-refractivity contribution >= 4 is 5.91 Å². The molecule has 1 aromatic heterocycles. The molecule has 1 aliphatic heterocycles. The molecular weight excluding hydrogens is 306 g/mol. The Morgan fingerprint density at radius 2 is 1.96 bits per heavy atom. The van der Waals surface area contributed by atoms with E-state index in [9.17, 15) is 4.79 Å². The maximum atomic E-state index is 12.6. The highest BCUT2D eigenvalue weighted by Crippen LogP contribution is 2.27. The van der Waals surface area contributed by atoms with E-state index >= 15 is 0 Å². The molecule has 2 heterocycles. The third-order valence-electron chi connectivity index (χ3n) is 5.01. The van der Waals surface area contributed by atoms with Crippen molar-refractivity contribution in [2.45, 2.75) is 57.5 Å². The van der Waals surface area contributed by atoms with E-state index in [0.717, 1.165) is 19.4 Å². The van der Waals surface area contributed by atoms with Crippen LogP contribution in [0.3, 0.4) is 0 Å². The predicted molar refractivity (Wildman–Crippen MR) is 90.0 cm³/mol. The van der Waals surface area contributed by atoms with Gasteiger partial charge in [0.05, 0.1) is 26.0 Å². The minimum atomic E-state index is -0.0181. The second-order valence-electron chi connectivity index (χ2n) is 6.83. The maximum Gasteiger partial charge on any atom is 0.235 e. The monoisotopic (exact) mass is 333 g/mol. The average Bonchev–Trinajstić information content (AvgIpc) is 2.63. The molecule has 1 amide bonds. The van der Waals surface area contributed by atoms with Crippen LogP contribution in [0.4, 0.5) is 0 Å². The normalized spacial score (nSPS) is 22.2. The van der Waals surface area contributed by atoms with Crippen LogP contribution < -0.4 is 9.47 Å². The van der Waals surface area contributed by atoms with Crippen LogP contribution in [0.1, 0.15) is 51.4 Å². The van der Waals surface area contributed by atoms with E-state index in [4.69, 9.17) is 9.47 Å². The first-order chi connectivity index (χ1) is 11.7. The van der Waals surface area contributed by atoms with Gasteiger partial charge in [-0.1, -0.05) is 19.3 Å². The van der Waals surface area contributed by atoms with Gasteiger partial charge in [0.25, 0.3) is 0 Å². The van der Waals surface area contributed by atoms with E-state index in [1.165, 1.54) is 32.1 Å². The SMILES string of the molecule is COc1cncc(OC2CCCN(C(=O)CC3CCCCC3)C2)n1. The van der Waals surface area contributed by atoms with E-state index in [1.54, 1.807) is 19.5 Å². The van der Waals surface area contributed by atoms with Crippen LogP contribution >= 0.6 is 0 Å². The number of hydrogen-bond donors (Lipinski definition) is 0. The van der Waals surface area contributed by atoms with Gasteiger partial charge in [-0.15, -0.1) is 0 Å². The van der Waals surface area contributed by atoms with Crippen molar-refractivity contribution < 1.29 is 14.3 Å². The van der Waals surface area contributed by atoms with E-state index in [1.807, 2.05) is 4.90 Å². The van der Waals surface area contributed by atoms with Gasteiger partial charge >= 0.3 is 0 Å². The Labute approximate surface area is 143 Å². The summed E-state index contributed by atoms with van der Waals surface area (Å²) in [4.78, 5) is 22.9. The van der Waals surface area contributed by atoms with E-state index < -0.39 is 0 Å². The fraction of sp³-hybridized carbons (Fsp3) is 0.722. The van der Waals surface area contributed by atoms with Crippen LogP contribution in [0.2, 0.25) is 0 Å². The summed E-state index contributed by atoms with van der Waals surface area (Å²) in [6.45, 7) is 1.49. The number of aromatic nitrogens is 2. The third-order valence-corrected chi connectivity index (χ3v) is 5.01. The second kappa shape index (κ2) is 8.31. The van der Waals surface area contributed by atoms with Gasteiger partial charge in [-0.3, -0.25) is 9.78 Å². The van der Waals surface area contributed by atoms with Crippen molar-refractivity contribution in [1.82, 2.24) is 14.9 Å². The zero-order valence-electron chi connectivity index (χ0n) is 14.4. The van der Waals surface area contributed by atoms with Gasteiger partial charge in [0.15, 0.2) is 0 Å². The van der Waals surface area contributed by atoms with Gasteiger partial charge < -0.3 is 14.4 Å². The van der Waals surface area contributed by atoms with Gasteiger partial charge in [-0.05, 0) is 31.6 Å². The lowest BCUT2D eigenvalue weighted by molar-refractivity contribution is -0.135. The van der Waals surface area contributed by atoms with Crippen molar-refractivity contribution in [3.8, 4) is 11.8 Å². The van der Waals surface area contributed by atoms with Crippen LogP contribution in [0, 0.1) is 5.92 Å². The molecule has 0 N–H and O–H groups in total. The molecule has 24 heavy (non-hydrogen) atoms. The zero-order valence-corrected chi connectivity index (χ0v) is 14.4. The fourth-order valence-electron chi connectivity index (χ4n) is 3.69. The molecule has 1 aromatic rings. The first-order valence-electron chi connectivity index (χ1n) is 9.05. The minimum absolute atomic E-state index is 0.0181. The molecule has 2 aliphatic rings. The third kappa shape index (κ3) is 4.58. The van der Waals surface area contributed by atoms with Crippen molar-refractivity contribution in [2.75, 3.05) is 20.2 Å². The average molecular weight is 333 g/mol. The number of hydrogen-bond acceptors (Lipinski definition) is 5. The smallest absolute Gasteiger partial charge is 0.235 e. The Bertz CT molecular complexity index is 546. The summed E-state index contributed by atoms with van der Waals surface area (Å²) in [5, 5.41) is 0. The van der Waals surface area contributed by atoms with Gasteiger partial charge in [-0.25, -0.2) is 0 Å². The Morgan fingerprint density at radius 1 is 1.17 bits per heavy atom. The zero-order chi connectivity index (χ0) is 16.8. The molecule has 0 aromatic carbocycles. The number of ether oxygens (including phenoxy) is 2. The largest absolute Gasteiger partial charge is 0.480 e. The molecule has 0 bridgehead atoms. The molecule has 1 saturated carbocycles. The Morgan fingerprint density at radius 3 is 2.75 bits per heavy atom. The van der Waals surface area contributed by atoms with Crippen molar-refractivity contribution in [3.63, 3.8) is 0 Å². The summed E-state index contributed by atoms with van der Waals surface area (Å²) >= 11 is 0.